The molecule has 0 N–H and O–H groups in total. The van der Waals surface area contributed by atoms with Crippen LogP contribution in [0, 0.1) is 11.3 Å². The van der Waals surface area contributed by atoms with Crippen molar-refractivity contribution in [2.24, 2.45) is 0 Å². The molecule has 3 atom stereocenters. The lowest BCUT2D eigenvalue weighted by molar-refractivity contribution is 0.0987. The minimum atomic E-state index is 0.0292. The van der Waals surface area contributed by atoms with Gasteiger partial charge in [-0.05, 0) is 36.2 Å². The Balaban J connectivity index is 1.63. The summed E-state index contributed by atoms with van der Waals surface area (Å²) < 4.78 is 5.73. The van der Waals surface area contributed by atoms with Gasteiger partial charge in [0.15, 0.2) is 0 Å². The summed E-state index contributed by atoms with van der Waals surface area (Å²) in [4.78, 5) is 14.7. The average molecular weight is 302 g/mol. The summed E-state index contributed by atoms with van der Waals surface area (Å²) in [5, 5.41) is 9.39. The Morgan fingerprint density at radius 2 is 2.00 bits per heavy atom. The fraction of sp³-hybridized carbons (Fsp3) is 0.263. The number of fused-ring (bicyclic) bond motifs is 2. The number of ether oxygens (including phenoxy) is 1. The second-order valence-corrected chi connectivity index (χ2v) is 6.38. The van der Waals surface area contributed by atoms with Crippen LogP contribution in [0.15, 0.2) is 42.5 Å². The van der Waals surface area contributed by atoms with Gasteiger partial charge in [0.05, 0.1) is 17.7 Å². The average Bonchev–Trinajstić information content (AvgIpc) is 3.29. The first-order valence-corrected chi connectivity index (χ1v) is 7.87. The van der Waals surface area contributed by atoms with Gasteiger partial charge in [-0.2, -0.15) is 5.26 Å². The molecule has 5 rings (SSSR count). The third-order valence-electron chi connectivity index (χ3n) is 5.14. The van der Waals surface area contributed by atoms with E-state index >= 15 is 0 Å². The first-order chi connectivity index (χ1) is 11.3. The van der Waals surface area contributed by atoms with E-state index in [1.54, 1.807) is 0 Å². The topological polar surface area (TPSA) is 56.6 Å². The zero-order valence-electron chi connectivity index (χ0n) is 12.4. The van der Waals surface area contributed by atoms with Gasteiger partial charge in [0, 0.05) is 29.3 Å². The molecule has 4 heteroatoms. The predicted octanol–water partition coefficient (Wildman–Crippen LogP) is 3.15. The molecule has 0 aromatic heterocycles. The molecular weight excluding hydrogens is 288 g/mol. The van der Waals surface area contributed by atoms with Crippen molar-refractivity contribution in [1.82, 2.24) is 0 Å². The Bertz CT molecular complexity index is 869. The maximum Gasteiger partial charge on any atom is 0.258 e. The van der Waals surface area contributed by atoms with Crippen molar-refractivity contribution >= 4 is 11.6 Å². The highest BCUT2D eigenvalue weighted by molar-refractivity contribution is 6.07. The fourth-order valence-corrected chi connectivity index (χ4v) is 4.08. The Labute approximate surface area is 133 Å². The number of nitriles is 1. The van der Waals surface area contributed by atoms with Crippen LogP contribution in [0.3, 0.4) is 0 Å². The molecule has 0 bridgehead atoms. The van der Waals surface area contributed by atoms with E-state index in [1.165, 1.54) is 0 Å². The lowest BCUT2D eigenvalue weighted by Gasteiger charge is -2.18. The first kappa shape index (κ1) is 12.9. The first-order valence-electron chi connectivity index (χ1n) is 7.87. The van der Waals surface area contributed by atoms with Crippen molar-refractivity contribution in [3.05, 3.63) is 64.7 Å². The Morgan fingerprint density at radius 1 is 1.17 bits per heavy atom. The number of hydrogen-bond donors (Lipinski definition) is 0. The molecule has 2 heterocycles. The summed E-state index contributed by atoms with van der Waals surface area (Å²) in [5.41, 5.74) is 4.52. The third-order valence-corrected chi connectivity index (χ3v) is 5.14. The Hall–Kier alpha value is -2.64. The van der Waals surface area contributed by atoms with E-state index < -0.39 is 0 Å². The Kier molecular flexibility index (Phi) is 2.48. The molecule has 0 unspecified atom stereocenters. The number of anilines is 1. The lowest BCUT2D eigenvalue weighted by atomic mass is 9.82. The molecule has 0 saturated carbocycles. The molecule has 1 saturated heterocycles. The Morgan fingerprint density at radius 3 is 2.78 bits per heavy atom. The largest absolute Gasteiger partial charge is 0.364 e. The summed E-state index contributed by atoms with van der Waals surface area (Å²) >= 11 is 0. The van der Waals surface area contributed by atoms with Gasteiger partial charge in [-0.1, -0.05) is 18.2 Å². The smallest absolute Gasteiger partial charge is 0.258 e. The van der Waals surface area contributed by atoms with Gasteiger partial charge in [0.25, 0.3) is 5.91 Å². The predicted molar refractivity (Wildman–Crippen MR) is 84.2 cm³/mol. The van der Waals surface area contributed by atoms with Gasteiger partial charge >= 0.3 is 0 Å². The molecule has 3 aliphatic rings. The van der Waals surface area contributed by atoms with Crippen molar-refractivity contribution in [2.75, 3.05) is 11.4 Å². The molecule has 112 valence electrons. The van der Waals surface area contributed by atoms with E-state index in [9.17, 15) is 10.1 Å². The van der Waals surface area contributed by atoms with Gasteiger partial charge in [-0.25, -0.2) is 0 Å². The van der Waals surface area contributed by atoms with E-state index in [-0.39, 0.29) is 24.0 Å². The van der Waals surface area contributed by atoms with Crippen LogP contribution < -0.4 is 4.90 Å². The second-order valence-electron chi connectivity index (χ2n) is 6.38. The highest BCUT2D eigenvalue weighted by Crippen LogP contribution is 2.57. The fourth-order valence-electron chi connectivity index (χ4n) is 4.08. The summed E-state index contributed by atoms with van der Waals surface area (Å²) in [6, 6.07) is 15.4. The van der Waals surface area contributed by atoms with Gasteiger partial charge in [0.1, 0.15) is 6.10 Å². The summed E-state index contributed by atoms with van der Waals surface area (Å²) in [6.07, 6.45) is 1.22. The SMILES string of the molecule is N#Cc1ccc2c3c1[C@H]1O[C@H]1C[C@H]3CN2C(=O)c1ccccc1. The summed E-state index contributed by atoms with van der Waals surface area (Å²) in [5.74, 6) is 0.311. The lowest BCUT2D eigenvalue weighted by Crippen LogP contribution is -2.30. The van der Waals surface area contributed by atoms with Crippen LogP contribution in [0.1, 0.15) is 45.5 Å². The zero-order valence-corrected chi connectivity index (χ0v) is 12.4. The number of benzene rings is 2. The number of epoxide rings is 1. The maximum atomic E-state index is 12.9. The van der Waals surface area contributed by atoms with Crippen LogP contribution in [0.5, 0.6) is 0 Å². The number of carbonyl (C=O) groups excluding carboxylic acids is 1. The van der Waals surface area contributed by atoms with Crippen LogP contribution in [-0.4, -0.2) is 18.6 Å². The van der Waals surface area contributed by atoms with Crippen molar-refractivity contribution < 1.29 is 9.53 Å². The van der Waals surface area contributed by atoms with E-state index in [2.05, 4.69) is 6.07 Å². The normalized spacial score (nSPS) is 26.2. The van der Waals surface area contributed by atoms with Crippen LogP contribution in [0.2, 0.25) is 0 Å². The number of carbonyl (C=O) groups is 1. The third kappa shape index (κ3) is 1.71. The maximum absolute atomic E-state index is 12.9. The molecule has 1 aliphatic carbocycles. The second kappa shape index (κ2) is 4.43. The molecule has 2 aromatic carbocycles. The van der Waals surface area contributed by atoms with E-state index in [0.29, 0.717) is 17.7 Å². The van der Waals surface area contributed by atoms with E-state index in [1.807, 2.05) is 47.4 Å². The highest BCUT2D eigenvalue weighted by Gasteiger charge is 2.52. The van der Waals surface area contributed by atoms with Crippen LogP contribution in [0.4, 0.5) is 5.69 Å². The quantitative estimate of drug-likeness (QED) is 0.760. The molecule has 2 aliphatic heterocycles. The molecule has 4 nitrogen and oxygen atoms in total. The van der Waals surface area contributed by atoms with Crippen molar-refractivity contribution in [2.45, 2.75) is 24.5 Å². The van der Waals surface area contributed by atoms with E-state index in [0.717, 1.165) is 23.2 Å². The monoisotopic (exact) mass is 302 g/mol. The minimum Gasteiger partial charge on any atom is -0.364 e. The number of hydrogen-bond acceptors (Lipinski definition) is 3. The number of amides is 1. The molecule has 1 fully saturated rings. The van der Waals surface area contributed by atoms with Gasteiger partial charge < -0.3 is 9.64 Å². The number of rotatable bonds is 1. The van der Waals surface area contributed by atoms with E-state index in [4.69, 9.17) is 4.74 Å². The minimum absolute atomic E-state index is 0.0292. The zero-order chi connectivity index (χ0) is 15.6. The van der Waals surface area contributed by atoms with Crippen LogP contribution in [0.25, 0.3) is 0 Å². The van der Waals surface area contributed by atoms with Crippen LogP contribution >= 0.6 is 0 Å². The molecule has 0 spiro atoms. The molecule has 0 radical (unpaired) electrons. The standard InChI is InChI=1S/C19H14N2O2/c20-9-12-6-7-14-16-13(8-15-18(23-15)17(12)16)10-21(14)19(22)11-4-2-1-3-5-11/h1-7,13,15,18H,8,10H2/t13-,15-,18-/m0/s1. The van der Waals surface area contributed by atoms with Crippen molar-refractivity contribution in [3.63, 3.8) is 0 Å². The van der Waals surface area contributed by atoms with Gasteiger partial charge in [0.2, 0.25) is 0 Å². The van der Waals surface area contributed by atoms with Gasteiger partial charge in [-0.3, -0.25) is 4.79 Å². The highest BCUT2D eigenvalue weighted by atomic mass is 16.6. The summed E-state index contributed by atoms with van der Waals surface area (Å²) in [6.45, 7) is 0.678. The molecule has 23 heavy (non-hydrogen) atoms. The molecule has 1 amide bonds. The summed E-state index contributed by atoms with van der Waals surface area (Å²) in [7, 11) is 0. The van der Waals surface area contributed by atoms with Crippen molar-refractivity contribution in [1.29, 1.82) is 5.26 Å². The molecular formula is C19H14N2O2. The van der Waals surface area contributed by atoms with Crippen LogP contribution in [-0.2, 0) is 4.74 Å². The van der Waals surface area contributed by atoms with Gasteiger partial charge in [-0.15, -0.1) is 0 Å². The number of nitrogens with zero attached hydrogens (tertiary/aromatic N) is 2. The molecule has 2 aromatic rings. The van der Waals surface area contributed by atoms with Crippen molar-refractivity contribution in [3.8, 4) is 6.07 Å².